The van der Waals surface area contributed by atoms with Crippen molar-refractivity contribution in [1.29, 1.82) is 0 Å². The third-order valence-electron chi connectivity index (χ3n) is 7.08. The molecule has 0 fully saturated rings. The first-order valence-electron chi connectivity index (χ1n) is 13.8. The Hall–Kier alpha value is -5.25. The van der Waals surface area contributed by atoms with Crippen LogP contribution in [0.1, 0.15) is 29.2 Å². The third kappa shape index (κ3) is 7.17. The number of rotatable bonds is 10. The van der Waals surface area contributed by atoms with E-state index >= 15 is 0 Å². The number of hydrogen-bond acceptors (Lipinski definition) is 9. The predicted octanol–water partition coefficient (Wildman–Crippen LogP) is 4.50. The topological polar surface area (TPSA) is 150 Å². The lowest BCUT2D eigenvalue weighted by Crippen LogP contribution is -2.27. The Morgan fingerprint density at radius 3 is 2.57 bits per heavy atom. The van der Waals surface area contributed by atoms with E-state index in [0.29, 0.717) is 40.9 Å². The van der Waals surface area contributed by atoms with E-state index < -0.39 is 27.6 Å². The number of fused-ring (bicyclic) bond motifs is 1. The summed E-state index contributed by atoms with van der Waals surface area (Å²) in [6.45, 7) is 1.51. The van der Waals surface area contributed by atoms with Gasteiger partial charge in [0.1, 0.15) is 17.2 Å². The van der Waals surface area contributed by atoms with Gasteiger partial charge in [-0.15, -0.1) is 0 Å². The Balaban J connectivity index is 1.38. The summed E-state index contributed by atoms with van der Waals surface area (Å²) in [5.74, 6) is -0.949. The molecule has 0 saturated carbocycles. The number of nitrogens with zero attached hydrogens (tertiary/aromatic N) is 5. The van der Waals surface area contributed by atoms with Crippen LogP contribution in [0.2, 0.25) is 0 Å². The summed E-state index contributed by atoms with van der Waals surface area (Å²) in [5, 5.41) is 8.29. The number of aromatic nitrogens is 3. The van der Waals surface area contributed by atoms with Crippen LogP contribution in [-0.4, -0.2) is 48.5 Å². The molecule has 0 atom stereocenters. The molecule has 0 aliphatic carbocycles. The van der Waals surface area contributed by atoms with Gasteiger partial charge in [0.2, 0.25) is 27.8 Å². The molecule has 2 amide bonds. The zero-order valence-electron chi connectivity index (χ0n) is 24.9. The normalized spacial score (nSPS) is 12.9. The van der Waals surface area contributed by atoms with Crippen LogP contribution in [-0.2, 0) is 45.3 Å². The molecule has 0 radical (unpaired) electrons. The van der Waals surface area contributed by atoms with Crippen molar-refractivity contribution in [2.45, 2.75) is 32.6 Å². The van der Waals surface area contributed by atoms with E-state index in [1.54, 1.807) is 41.3 Å². The molecule has 4 aromatic rings. The SMILES string of the molecule is CC(=O)NCc1cccc(N2C(=O)Cc3cc(Nc4ncc(C(F)(F)F)c(NCc5cccnc5N(C)S(C)(=O)=O)n4)ccc32)c1. The van der Waals surface area contributed by atoms with Crippen molar-refractivity contribution in [3.05, 3.63) is 89.2 Å². The number of halogens is 3. The summed E-state index contributed by atoms with van der Waals surface area (Å²) in [7, 11) is -2.38. The second-order valence-corrected chi connectivity index (χ2v) is 12.5. The second kappa shape index (κ2) is 12.6. The highest BCUT2D eigenvalue weighted by molar-refractivity contribution is 7.92. The molecule has 12 nitrogen and oxygen atoms in total. The number of anilines is 6. The molecule has 0 spiro atoms. The summed E-state index contributed by atoms with van der Waals surface area (Å²) in [4.78, 5) is 37.9. The molecule has 3 N–H and O–H groups in total. The van der Waals surface area contributed by atoms with Gasteiger partial charge in [-0.05, 0) is 47.5 Å². The maximum absolute atomic E-state index is 13.9. The van der Waals surface area contributed by atoms with Gasteiger partial charge < -0.3 is 16.0 Å². The van der Waals surface area contributed by atoms with Crippen molar-refractivity contribution in [3.63, 3.8) is 0 Å². The highest BCUT2D eigenvalue weighted by Gasteiger charge is 2.35. The Kier molecular flexibility index (Phi) is 8.83. The van der Waals surface area contributed by atoms with Gasteiger partial charge >= 0.3 is 6.18 Å². The predicted molar refractivity (Wildman–Crippen MR) is 166 cm³/mol. The number of carbonyl (C=O) groups is 2. The van der Waals surface area contributed by atoms with Crippen LogP contribution in [0.25, 0.3) is 0 Å². The van der Waals surface area contributed by atoms with Crippen molar-refractivity contribution in [2.24, 2.45) is 0 Å². The van der Waals surface area contributed by atoms with Gasteiger partial charge in [-0.25, -0.2) is 18.4 Å². The van der Waals surface area contributed by atoms with Crippen LogP contribution in [0.3, 0.4) is 0 Å². The lowest BCUT2D eigenvalue weighted by Gasteiger charge is -2.20. The van der Waals surface area contributed by atoms with Gasteiger partial charge in [-0.1, -0.05) is 18.2 Å². The van der Waals surface area contributed by atoms with Crippen LogP contribution in [0.4, 0.5) is 47.8 Å². The summed E-state index contributed by atoms with van der Waals surface area (Å²) in [6, 6.07) is 15.4. The Morgan fingerprint density at radius 1 is 1.07 bits per heavy atom. The first-order chi connectivity index (χ1) is 21.7. The number of sulfonamides is 1. The van der Waals surface area contributed by atoms with Crippen molar-refractivity contribution in [3.8, 4) is 0 Å². The third-order valence-corrected chi connectivity index (χ3v) is 8.25. The summed E-state index contributed by atoms with van der Waals surface area (Å²) >= 11 is 0. The minimum atomic E-state index is -4.78. The number of benzene rings is 2. The van der Waals surface area contributed by atoms with Crippen LogP contribution in [0, 0.1) is 0 Å². The average Bonchev–Trinajstić information content (AvgIpc) is 3.32. The van der Waals surface area contributed by atoms with E-state index in [4.69, 9.17) is 0 Å². The van der Waals surface area contributed by atoms with Gasteiger partial charge in [-0.3, -0.25) is 18.8 Å². The maximum atomic E-state index is 13.9. The first kappa shape index (κ1) is 32.2. The van der Waals surface area contributed by atoms with E-state index in [-0.39, 0.29) is 36.5 Å². The Morgan fingerprint density at radius 2 is 1.85 bits per heavy atom. The molecule has 46 heavy (non-hydrogen) atoms. The molecular weight excluding hydrogens is 625 g/mol. The lowest BCUT2D eigenvalue weighted by atomic mass is 10.1. The summed E-state index contributed by atoms with van der Waals surface area (Å²) < 4.78 is 66.6. The fraction of sp³-hybridized carbons (Fsp3) is 0.233. The Labute approximate surface area is 262 Å². The van der Waals surface area contributed by atoms with E-state index in [9.17, 15) is 31.2 Å². The van der Waals surface area contributed by atoms with E-state index in [1.807, 2.05) is 12.1 Å². The van der Waals surface area contributed by atoms with Gasteiger partial charge in [-0.2, -0.15) is 18.2 Å². The molecule has 5 rings (SSSR count). The number of amides is 2. The zero-order chi connectivity index (χ0) is 33.2. The molecule has 1 aliphatic rings. The maximum Gasteiger partial charge on any atom is 0.421 e. The van der Waals surface area contributed by atoms with E-state index in [1.165, 1.54) is 26.2 Å². The number of pyridine rings is 1. The van der Waals surface area contributed by atoms with Crippen molar-refractivity contribution in [1.82, 2.24) is 20.3 Å². The number of nitrogens with one attached hydrogen (secondary N) is 3. The number of carbonyl (C=O) groups excluding carboxylic acids is 2. The molecule has 2 aromatic carbocycles. The van der Waals surface area contributed by atoms with Crippen molar-refractivity contribution < 1.29 is 31.2 Å². The molecule has 240 valence electrons. The fourth-order valence-corrected chi connectivity index (χ4v) is 5.29. The lowest BCUT2D eigenvalue weighted by molar-refractivity contribution is -0.137. The molecule has 0 saturated heterocycles. The summed E-state index contributed by atoms with van der Waals surface area (Å²) in [5.41, 5.74) is 2.44. The molecule has 1 aliphatic heterocycles. The van der Waals surface area contributed by atoms with Crippen LogP contribution in [0.15, 0.2) is 67.0 Å². The van der Waals surface area contributed by atoms with Crippen LogP contribution in [0.5, 0.6) is 0 Å². The van der Waals surface area contributed by atoms with E-state index in [0.717, 1.165) is 16.1 Å². The van der Waals surface area contributed by atoms with Crippen LogP contribution < -0.4 is 25.2 Å². The standard InChI is InChI=1S/C30H29F3N8O4S/c1-18(42)35-15-19-6-4-8-23(12-19)41-25-10-9-22(13-21(25)14-26(41)43)38-29-37-17-24(30(31,32)33)27(39-29)36-16-20-7-5-11-34-28(20)40(2)46(3,44)45/h4-13,17H,14-16H2,1-3H3,(H,35,42)(H2,36,37,38,39). The summed E-state index contributed by atoms with van der Waals surface area (Å²) in [6.07, 6.45) is -1.67. The molecule has 16 heteroatoms. The molecule has 3 heterocycles. The van der Waals surface area contributed by atoms with Gasteiger partial charge in [0.25, 0.3) is 0 Å². The largest absolute Gasteiger partial charge is 0.421 e. The molecule has 2 aromatic heterocycles. The van der Waals surface area contributed by atoms with Crippen molar-refractivity contribution in [2.75, 3.05) is 33.1 Å². The van der Waals surface area contributed by atoms with Crippen molar-refractivity contribution >= 4 is 56.5 Å². The van der Waals surface area contributed by atoms with Crippen LogP contribution >= 0.6 is 0 Å². The number of hydrogen-bond donors (Lipinski definition) is 3. The minimum Gasteiger partial charge on any atom is -0.365 e. The quantitative estimate of drug-likeness (QED) is 0.225. The molecule has 0 unspecified atom stereocenters. The average molecular weight is 655 g/mol. The number of alkyl halides is 3. The fourth-order valence-electron chi connectivity index (χ4n) is 4.82. The van der Waals surface area contributed by atoms with Gasteiger partial charge in [0.05, 0.1) is 18.4 Å². The van der Waals surface area contributed by atoms with Gasteiger partial charge in [0, 0.05) is 56.4 Å². The zero-order valence-corrected chi connectivity index (χ0v) is 25.7. The minimum absolute atomic E-state index is 0.0552. The van der Waals surface area contributed by atoms with E-state index in [2.05, 4.69) is 30.9 Å². The van der Waals surface area contributed by atoms with Gasteiger partial charge in [0.15, 0.2) is 0 Å². The highest BCUT2D eigenvalue weighted by Crippen LogP contribution is 2.38. The second-order valence-electron chi connectivity index (χ2n) is 10.5. The molecular formula is C30H29F3N8O4S. The highest BCUT2D eigenvalue weighted by atomic mass is 32.2. The first-order valence-corrected chi connectivity index (χ1v) is 15.7. The Bertz CT molecular complexity index is 1920. The monoisotopic (exact) mass is 654 g/mol. The smallest absolute Gasteiger partial charge is 0.365 e. The molecule has 0 bridgehead atoms.